The minimum absolute atomic E-state index is 0.225. The van der Waals surface area contributed by atoms with Crippen LogP contribution in [0.1, 0.15) is 18.4 Å². The topological polar surface area (TPSA) is 97.2 Å². The molecule has 1 N–H and O–H groups in total. The molecule has 1 atom stereocenters. The van der Waals surface area contributed by atoms with Crippen molar-refractivity contribution >= 4 is 32.7 Å². The van der Waals surface area contributed by atoms with Crippen LogP contribution in [0.25, 0.3) is 10.9 Å². The van der Waals surface area contributed by atoms with Crippen molar-refractivity contribution in [1.82, 2.24) is 19.5 Å². The van der Waals surface area contributed by atoms with Crippen LogP contribution in [-0.4, -0.2) is 41.7 Å². The van der Waals surface area contributed by atoms with Crippen molar-refractivity contribution < 1.29 is 13.2 Å². The number of nitrogens with one attached hydrogen (secondary N) is 1. The van der Waals surface area contributed by atoms with E-state index in [4.69, 9.17) is 0 Å². The second kappa shape index (κ2) is 7.33. The average molecular weight is 399 g/mol. The maximum Gasteiger partial charge on any atom is 0.246 e. The molecule has 146 valence electrons. The molecule has 1 saturated heterocycles. The molecule has 1 aromatic carbocycles. The van der Waals surface area contributed by atoms with Crippen LogP contribution in [0.2, 0.25) is 0 Å². The molecule has 1 amide bonds. The predicted molar refractivity (Wildman–Crippen MR) is 106 cm³/mol. The molecule has 9 heteroatoms. The molecule has 0 spiro atoms. The minimum atomic E-state index is -3.72. The highest BCUT2D eigenvalue weighted by molar-refractivity contribution is 7.88. The molecule has 0 radical (unpaired) electrons. The SMILES string of the molecule is Cn1nccc1N1CCC[C@@H](NS(=O)(=O)Cc2cccc3cccnc23)C1=O. The molecule has 28 heavy (non-hydrogen) atoms. The van der Waals surface area contributed by atoms with Gasteiger partial charge in [-0.25, -0.2) is 13.1 Å². The monoisotopic (exact) mass is 399 g/mol. The van der Waals surface area contributed by atoms with Gasteiger partial charge in [0.05, 0.1) is 17.5 Å². The fourth-order valence-electron chi connectivity index (χ4n) is 3.59. The number of sulfonamides is 1. The Kier molecular flexibility index (Phi) is 4.86. The van der Waals surface area contributed by atoms with Crippen LogP contribution in [-0.2, 0) is 27.6 Å². The Morgan fingerprint density at radius 2 is 2.00 bits per heavy atom. The van der Waals surface area contributed by atoms with E-state index >= 15 is 0 Å². The number of nitrogens with zero attached hydrogens (tertiary/aromatic N) is 4. The molecular formula is C19H21N5O3S. The van der Waals surface area contributed by atoms with E-state index in [-0.39, 0.29) is 11.7 Å². The highest BCUT2D eigenvalue weighted by Crippen LogP contribution is 2.22. The number of benzene rings is 1. The number of pyridine rings is 1. The lowest BCUT2D eigenvalue weighted by Gasteiger charge is -2.32. The molecule has 0 aliphatic carbocycles. The van der Waals surface area contributed by atoms with Gasteiger partial charge in [-0.15, -0.1) is 0 Å². The van der Waals surface area contributed by atoms with E-state index in [9.17, 15) is 13.2 Å². The second-order valence-corrected chi connectivity index (χ2v) is 8.62. The number of amides is 1. The molecule has 3 aromatic rings. The van der Waals surface area contributed by atoms with Crippen molar-refractivity contribution in [2.24, 2.45) is 7.05 Å². The van der Waals surface area contributed by atoms with Gasteiger partial charge in [-0.2, -0.15) is 5.10 Å². The summed E-state index contributed by atoms with van der Waals surface area (Å²) in [5.41, 5.74) is 1.26. The first-order chi connectivity index (χ1) is 13.4. The van der Waals surface area contributed by atoms with Crippen LogP contribution in [0.15, 0.2) is 48.8 Å². The van der Waals surface area contributed by atoms with Crippen LogP contribution in [0.3, 0.4) is 0 Å². The third kappa shape index (κ3) is 3.63. The highest BCUT2D eigenvalue weighted by atomic mass is 32.2. The summed E-state index contributed by atoms with van der Waals surface area (Å²) < 4.78 is 29.8. The van der Waals surface area contributed by atoms with Gasteiger partial charge in [0.15, 0.2) is 0 Å². The lowest BCUT2D eigenvalue weighted by Crippen LogP contribution is -2.53. The third-order valence-corrected chi connectivity index (χ3v) is 6.23. The largest absolute Gasteiger partial charge is 0.296 e. The van der Waals surface area contributed by atoms with E-state index in [1.54, 1.807) is 41.2 Å². The smallest absolute Gasteiger partial charge is 0.246 e. The molecular weight excluding hydrogens is 378 g/mol. The Labute approximate surface area is 163 Å². The lowest BCUT2D eigenvalue weighted by atomic mass is 10.1. The van der Waals surface area contributed by atoms with Crippen molar-refractivity contribution in [2.75, 3.05) is 11.4 Å². The van der Waals surface area contributed by atoms with E-state index in [1.165, 1.54) is 0 Å². The molecule has 0 saturated carbocycles. The number of aromatic nitrogens is 3. The Hall–Kier alpha value is -2.78. The summed E-state index contributed by atoms with van der Waals surface area (Å²) >= 11 is 0. The van der Waals surface area contributed by atoms with Crippen molar-refractivity contribution in [1.29, 1.82) is 0 Å². The zero-order valence-electron chi connectivity index (χ0n) is 15.4. The van der Waals surface area contributed by atoms with E-state index in [1.807, 2.05) is 24.3 Å². The number of para-hydroxylation sites is 1. The molecule has 0 unspecified atom stereocenters. The lowest BCUT2D eigenvalue weighted by molar-refractivity contribution is -0.121. The zero-order chi connectivity index (χ0) is 19.7. The average Bonchev–Trinajstić information content (AvgIpc) is 3.09. The summed E-state index contributed by atoms with van der Waals surface area (Å²) in [5.74, 6) is 0.179. The van der Waals surface area contributed by atoms with Gasteiger partial charge in [-0.05, 0) is 24.5 Å². The Bertz CT molecular complexity index is 1120. The first kappa shape index (κ1) is 18.6. The zero-order valence-corrected chi connectivity index (χ0v) is 16.3. The van der Waals surface area contributed by atoms with Gasteiger partial charge in [0, 0.05) is 31.2 Å². The van der Waals surface area contributed by atoms with E-state index < -0.39 is 16.1 Å². The highest BCUT2D eigenvalue weighted by Gasteiger charge is 2.33. The first-order valence-electron chi connectivity index (χ1n) is 9.07. The van der Waals surface area contributed by atoms with Crippen LogP contribution in [0.4, 0.5) is 5.82 Å². The molecule has 1 fully saturated rings. The van der Waals surface area contributed by atoms with E-state index in [2.05, 4.69) is 14.8 Å². The molecule has 1 aliphatic heterocycles. The summed E-state index contributed by atoms with van der Waals surface area (Å²) in [7, 11) is -1.97. The Balaban J connectivity index is 1.54. The number of rotatable bonds is 5. The fourth-order valence-corrected chi connectivity index (χ4v) is 4.97. The number of fused-ring (bicyclic) bond motifs is 1. The molecule has 3 heterocycles. The third-order valence-electron chi connectivity index (χ3n) is 4.89. The number of hydrogen-bond donors (Lipinski definition) is 1. The Morgan fingerprint density at radius 3 is 2.79 bits per heavy atom. The van der Waals surface area contributed by atoms with Crippen LogP contribution in [0.5, 0.6) is 0 Å². The molecule has 2 aromatic heterocycles. The summed E-state index contributed by atoms with van der Waals surface area (Å²) in [4.78, 5) is 18.8. The number of hydrogen-bond acceptors (Lipinski definition) is 5. The molecule has 4 rings (SSSR count). The molecule has 0 bridgehead atoms. The van der Waals surface area contributed by atoms with Crippen molar-refractivity contribution in [3.8, 4) is 0 Å². The standard InChI is InChI=1S/C19H21N5O3S/c1-23-17(9-11-21-23)24-12-4-8-16(19(24)25)22-28(26,27)13-15-6-2-5-14-7-3-10-20-18(14)15/h2-3,5-7,9-11,16,22H,4,8,12-13H2,1H3/t16-/m1/s1. The van der Waals surface area contributed by atoms with Gasteiger partial charge in [0.1, 0.15) is 11.9 Å². The van der Waals surface area contributed by atoms with Crippen molar-refractivity contribution in [3.63, 3.8) is 0 Å². The van der Waals surface area contributed by atoms with Gasteiger partial charge < -0.3 is 0 Å². The number of carbonyl (C=O) groups excluding carboxylic acids is 1. The molecule has 8 nitrogen and oxygen atoms in total. The summed E-state index contributed by atoms with van der Waals surface area (Å²) in [6, 6.07) is 10.1. The van der Waals surface area contributed by atoms with Crippen LogP contribution >= 0.6 is 0 Å². The number of piperidine rings is 1. The number of anilines is 1. The first-order valence-corrected chi connectivity index (χ1v) is 10.7. The van der Waals surface area contributed by atoms with Gasteiger partial charge >= 0.3 is 0 Å². The van der Waals surface area contributed by atoms with Crippen molar-refractivity contribution in [2.45, 2.75) is 24.6 Å². The summed E-state index contributed by atoms with van der Waals surface area (Å²) in [6.07, 6.45) is 4.44. The summed E-state index contributed by atoms with van der Waals surface area (Å²) in [6.45, 7) is 0.545. The summed E-state index contributed by atoms with van der Waals surface area (Å²) in [5, 5.41) is 4.97. The number of carbonyl (C=O) groups is 1. The van der Waals surface area contributed by atoms with E-state index in [0.29, 0.717) is 36.3 Å². The predicted octanol–water partition coefficient (Wildman–Crippen LogP) is 1.58. The van der Waals surface area contributed by atoms with Crippen molar-refractivity contribution in [3.05, 3.63) is 54.4 Å². The van der Waals surface area contributed by atoms with Crippen LogP contribution in [0, 0.1) is 0 Å². The Morgan fingerprint density at radius 1 is 1.18 bits per heavy atom. The fraction of sp³-hybridized carbons (Fsp3) is 0.316. The maximum atomic E-state index is 12.9. The molecule has 1 aliphatic rings. The maximum absolute atomic E-state index is 12.9. The quantitative estimate of drug-likeness (QED) is 0.703. The number of aryl methyl sites for hydroxylation is 1. The van der Waals surface area contributed by atoms with E-state index in [0.717, 1.165) is 5.39 Å². The van der Waals surface area contributed by atoms with Gasteiger partial charge in [0.25, 0.3) is 0 Å². The van der Waals surface area contributed by atoms with Gasteiger partial charge in [-0.1, -0.05) is 24.3 Å². The van der Waals surface area contributed by atoms with Gasteiger partial charge in [0.2, 0.25) is 15.9 Å². The minimum Gasteiger partial charge on any atom is -0.296 e. The van der Waals surface area contributed by atoms with Gasteiger partial charge in [-0.3, -0.25) is 19.4 Å². The second-order valence-electron chi connectivity index (χ2n) is 6.87. The van der Waals surface area contributed by atoms with Crippen LogP contribution < -0.4 is 9.62 Å². The normalized spacial score (nSPS) is 18.0.